The molecule has 0 bridgehead atoms. The molecule has 0 atom stereocenters. The van der Waals surface area contributed by atoms with Crippen LogP contribution in [0.3, 0.4) is 0 Å². The van der Waals surface area contributed by atoms with E-state index in [0.717, 1.165) is 22.3 Å². The number of ketones is 1. The summed E-state index contributed by atoms with van der Waals surface area (Å²) in [7, 11) is 0. The molecule has 150 valence electrons. The summed E-state index contributed by atoms with van der Waals surface area (Å²) in [6.45, 7) is 7.48. The average molecular weight is 392 g/mol. The SMILES string of the molecule is Cc1cc(C)c(C(=O)COC(=O)CCc2nc3ccccc3c(=O)[nH]2)c(C)c1C. The van der Waals surface area contributed by atoms with E-state index in [-0.39, 0.29) is 30.8 Å². The summed E-state index contributed by atoms with van der Waals surface area (Å²) in [5.41, 5.74) is 4.94. The number of ether oxygens (including phenoxy) is 1. The number of para-hydroxylation sites is 1. The molecule has 2 aromatic carbocycles. The van der Waals surface area contributed by atoms with Gasteiger partial charge in [0.15, 0.2) is 6.61 Å². The third-order valence-electron chi connectivity index (χ3n) is 5.23. The van der Waals surface area contributed by atoms with E-state index >= 15 is 0 Å². The van der Waals surface area contributed by atoms with Crippen LogP contribution in [0.15, 0.2) is 35.1 Å². The van der Waals surface area contributed by atoms with Crippen molar-refractivity contribution in [2.24, 2.45) is 0 Å². The zero-order valence-electron chi connectivity index (χ0n) is 17.1. The van der Waals surface area contributed by atoms with Crippen molar-refractivity contribution in [3.05, 3.63) is 74.3 Å². The van der Waals surface area contributed by atoms with E-state index in [2.05, 4.69) is 9.97 Å². The highest BCUT2D eigenvalue weighted by molar-refractivity contribution is 6.00. The van der Waals surface area contributed by atoms with Crippen LogP contribution in [-0.2, 0) is 16.0 Å². The van der Waals surface area contributed by atoms with Crippen LogP contribution in [0.1, 0.15) is 44.9 Å². The monoisotopic (exact) mass is 392 g/mol. The lowest BCUT2D eigenvalue weighted by molar-refractivity contribution is -0.142. The number of aromatic nitrogens is 2. The Balaban J connectivity index is 1.62. The summed E-state index contributed by atoms with van der Waals surface area (Å²) >= 11 is 0. The first-order chi connectivity index (χ1) is 13.8. The minimum absolute atomic E-state index is 0.0272. The molecule has 0 amide bonds. The molecule has 0 unspecified atom stereocenters. The van der Waals surface area contributed by atoms with E-state index in [1.807, 2.05) is 33.8 Å². The van der Waals surface area contributed by atoms with Crippen molar-refractivity contribution in [1.29, 1.82) is 0 Å². The molecule has 0 radical (unpaired) electrons. The Morgan fingerprint density at radius 2 is 1.76 bits per heavy atom. The molecule has 0 aliphatic rings. The maximum Gasteiger partial charge on any atom is 0.306 e. The van der Waals surface area contributed by atoms with E-state index in [4.69, 9.17) is 4.74 Å². The van der Waals surface area contributed by atoms with Crippen molar-refractivity contribution in [3.63, 3.8) is 0 Å². The maximum absolute atomic E-state index is 12.6. The molecule has 3 rings (SSSR count). The highest BCUT2D eigenvalue weighted by atomic mass is 16.5. The molecule has 1 heterocycles. The molecule has 1 N–H and O–H groups in total. The zero-order chi connectivity index (χ0) is 21.1. The quantitative estimate of drug-likeness (QED) is 0.512. The summed E-state index contributed by atoms with van der Waals surface area (Å²) in [5, 5.41) is 0.503. The molecule has 0 saturated carbocycles. The van der Waals surface area contributed by atoms with Crippen LogP contribution in [0.2, 0.25) is 0 Å². The largest absolute Gasteiger partial charge is 0.457 e. The Morgan fingerprint density at radius 1 is 1.03 bits per heavy atom. The summed E-state index contributed by atoms with van der Waals surface area (Å²) in [6.07, 6.45) is 0.258. The van der Waals surface area contributed by atoms with Gasteiger partial charge >= 0.3 is 5.97 Å². The normalized spacial score (nSPS) is 10.9. The molecule has 0 aliphatic heterocycles. The van der Waals surface area contributed by atoms with Crippen molar-refractivity contribution in [1.82, 2.24) is 9.97 Å². The Morgan fingerprint density at radius 3 is 2.52 bits per heavy atom. The molecule has 0 fully saturated rings. The second kappa shape index (κ2) is 8.39. The molecule has 1 aromatic heterocycles. The number of nitrogens with one attached hydrogen (secondary N) is 1. The van der Waals surface area contributed by atoms with Crippen LogP contribution in [-0.4, -0.2) is 28.3 Å². The number of Topliss-reactive ketones (excluding diaryl/α,β-unsaturated/α-hetero) is 1. The third kappa shape index (κ3) is 4.42. The molecule has 0 spiro atoms. The van der Waals surface area contributed by atoms with Gasteiger partial charge in [-0.25, -0.2) is 4.98 Å². The van der Waals surface area contributed by atoms with Gasteiger partial charge in [0.2, 0.25) is 5.78 Å². The number of esters is 1. The van der Waals surface area contributed by atoms with Gasteiger partial charge < -0.3 is 9.72 Å². The summed E-state index contributed by atoms with van der Waals surface area (Å²) in [6, 6.07) is 8.99. The molecular formula is C23H24N2O4. The van der Waals surface area contributed by atoms with Crippen molar-refractivity contribution in [2.75, 3.05) is 6.61 Å². The topological polar surface area (TPSA) is 89.1 Å². The lowest BCUT2D eigenvalue weighted by Gasteiger charge is -2.14. The number of fused-ring (bicyclic) bond motifs is 1. The number of aryl methyl sites for hydroxylation is 3. The van der Waals surface area contributed by atoms with Gasteiger partial charge in [-0.1, -0.05) is 18.2 Å². The highest BCUT2D eigenvalue weighted by Gasteiger charge is 2.17. The fraction of sp³-hybridized carbons (Fsp3) is 0.304. The molecule has 29 heavy (non-hydrogen) atoms. The van der Waals surface area contributed by atoms with Crippen molar-refractivity contribution >= 4 is 22.7 Å². The first kappa shape index (κ1) is 20.5. The molecule has 0 saturated heterocycles. The Bertz CT molecular complexity index is 1160. The second-order valence-electron chi connectivity index (χ2n) is 7.25. The minimum Gasteiger partial charge on any atom is -0.457 e. The van der Waals surface area contributed by atoms with Crippen LogP contribution >= 0.6 is 0 Å². The van der Waals surface area contributed by atoms with Gasteiger partial charge in [-0.15, -0.1) is 0 Å². The molecule has 3 aromatic rings. The number of carbonyl (C=O) groups excluding carboxylic acids is 2. The fourth-order valence-corrected chi connectivity index (χ4v) is 3.48. The van der Waals surface area contributed by atoms with Gasteiger partial charge in [0.05, 0.1) is 17.3 Å². The van der Waals surface area contributed by atoms with Crippen LogP contribution in [0.5, 0.6) is 0 Å². The average Bonchev–Trinajstić information content (AvgIpc) is 2.69. The smallest absolute Gasteiger partial charge is 0.306 e. The first-order valence-electron chi connectivity index (χ1n) is 9.52. The molecule has 6 heteroatoms. The Labute approximate surface area is 168 Å². The van der Waals surface area contributed by atoms with Gasteiger partial charge in [0, 0.05) is 12.0 Å². The lowest BCUT2D eigenvalue weighted by atomic mass is 9.92. The Hall–Kier alpha value is -3.28. The van der Waals surface area contributed by atoms with Crippen LogP contribution in [0.25, 0.3) is 10.9 Å². The van der Waals surface area contributed by atoms with Gasteiger partial charge in [-0.2, -0.15) is 0 Å². The molecule has 6 nitrogen and oxygen atoms in total. The molecular weight excluding hydrogens is 368 g/mol. The van der Waals surface area contributed by atoms with Crippen molar-refractivity contribution in [3.8, 4) is 0 Å². The maximum atomic E-state index is 12.6. The van der Waals surface area contributed by atoms with Gasteiger partial charge in [0.1, 0.15) is 5.82 Å². The Kier molecular flexibility index (Phi) is 5.92. The van der Waals surface area contributed by atoms with E-state index in [1.165, 1.54) is 0 Å². The van der Waals surface area contributed by atoms with Crippen LogP contribution in [0, 0.1) is 27.7 Å². The highest BCUT2D eigenvalue weighted by Crippen LogP contribution is 2.22. The minimum atomic E-state index is -0.506. The number of carbonyl (C=O) groups is 2. The summed E-state index contributed by atoms with van der Waals surface area (Å²) < 4.78 is 5.17. The second-order valence-corrected chi connectivity index (χ2v) is 7.25. The number of benzene rings is 2. The van der Waals surface area contributed by atoms with Crippen molar-refractivity contribution in [2.45, 2.75) is 40.5 Å². The predicted molar refractivity (Wildman–Crippen MR) is 111 cm³/mol. The van der Waals surface area contributed by atoms with E-state index < -0.39 is 5.97 Å². The zero-order valence-corrected chi connectivity index (χ0v) is 17.1. The number of nitrogens with zero attached hydrogens (tertiary/aromatic N) is 1. The third-order valence-corrected chi connectivity index (χ3v) is 5.23. The molecule has 0 aliphatic carbocycles. The number of hydrogen-bond acceptors (Lipinski definition) is 5. The first-order valence-corrected chi connectivity index (χ1v) is 9.52. The van der Waals surface area contributed by atoms with E-state index in [9.17, 15) is 14.4 Å². The summed E-state index contributed by atoms with van der Waals surface area (Å²) in [5.74, 6) is -0.306. The number of rotatable bonds is 6. The number of H-pyrrole nitrogens is 1. The van der Waals surface area contributed by atoms with Crippen LogP contribution < -0.4 is 5.56 Å². The van der Waals surface area contributed by atoms with Gasteiger partial charge in [-0.05, 0) is 62.1 Å². The van der Waals surface area contributed by atoms with E-state index in [1.54, 1.807) is 24.3 Å². The van der Waals surface area contributed by atoms with Gasteiger partial charge in [-0.3, -0.25) is 14.4 Å². The summed E-state index contributed by atoms with van der Waals surface area (Å²) in [4.78, 5) is 43.8. The predicted octanol–water partition coefficient (Wildman–Crippen LogP) is 3.52. The van der Waals surface area contributed by atoms with E-state index in [0.29, 0.717) is 22.3 Å². The fourth-order valence-electron chi connectivity index (χ4n) is 3.48. The van der Waals surface area contributed by atoms with Gasteiger partial charge in [0.25, 0.3) is 5.56 Å². The number of hydrogen-bond donors (Lipinski definition) is 1. The standard InChI is InChI=1S/C23H24N2O4/c1-13-11-14(2)22(16(4)15(13)3)19(26)12-29-21(27)10-9-20-24-18-8-6-5-7-17(18)23(28)25-20/h5-8,11H,9-10,12H2,1-4H3,(H,24,25,28). The lowest BCUT2D eigenvalue weighted by Crippen LogP contribution is -2.18. The van der Waals surface area contributed by atoms with Crippen LogP contribution in [0.4, 0.5) is 0 Å². The number of aromatic amines is 1. The van der Waals surface area contributed by atoms with Crippen molar-refractivity contribution < 1.29 is 14.3 Å².